The number of rotatable bonds is 45. The third-order valence-electron chi connectivity index (χ3n) is 20.4. The molecular formula is C99H151N5O24. The molecule has 29 heteroatoms. The standard InChI is InChI=1S/C99H151N5O24/c1-87(2,3)120-76(108)41-50-96(51-42-77(109)121-88(4,5)6,52-43-78(110)122-89(7,8)9)63-66(105)38-53-99(104-85(117)65-36-37-72(100)73(62-65)101-86(118)119-64-71-69-34-30-28-32-67(69)68-33-29-31-35-70(68)71,54-39-74(106)102-97(56-44-79(111)123-90(10,11)12,57-45-80(112)124-91(13,14)15)58-46-81(113)125-92(16,17)18)55-40-75(107)103-98(59-47-82(114)126-93(19,20)21,60-48-83(115)127-94(22,23)24)61-49-84(116)128-95(25,26)27/h28-37,62,71H,38-61,63-64,100H2,1-27H3,(H,101,118)(H,102,106)(H,103,107)(H,104,117). The molecule has 0 bridgehead atoms. The fraction of sp³-hybridized carbons (Fsp3) is 0.677. The van der Waals surface area contributed by atoms with Crippen molar-refractivity contribution in [2.75, 3.05) is 17.7 Å². The fourth-order valence-corrected chi connectivity index (χ4v) is 15.2. The van der Waals surface area contributed by atoms with Gasteiger partial charge in [-0.1, -0.05) is 48.5 Å². The molecule has 0 saturated heterocycles. The number of benzene rings is 3. The summed E-state index contributed by atoms with van der Waals surface area (Å²) in [6, 6.07) is 19.5. The Morgan fingerprint density at radius 1 is 0.305 bits per heavy atom. The molecule has 0 unspecified atom stereocenters. The van der Waals surface area contributed by atoms with Gasteiger partial charge in [0.25, 0.3) is 5.91 Å². The van der Waals surface area contributed by atoms with E-state index in [1.54, 1.807) is 187 Å². The molecule has 716 valence electrons. The van der Waals surface area contributed by atoms with Crippen molar-refractivity contribution in [2.24, 2.45) is 5.41 Å². The summed E-state index contributed by atoms with van der Waals surface area (Å²) >= 11 is 0. The Morgan fingerprint density at radius 2 is 0.555 bits per heavy atom. The largest absolute Gasteiger partial charge is 0.460 e. The molecule has 6 N–H and O–H groups in total. The van der Waals surface area contributed by atoms with Crippen molar-refractivity contribution in [3.63, 3.8) is 0 Å². The van der Waals surface area contributed by atoms with E-state index in [2.05, 4.69) is 21.3 Å². The first-order valence-electron chi connectivity index (χ1n) is 44.9. The van der Waals surface area contributed by atoms with Gasteiger partial charge in [-0.2, -0.15) is 0 Å². The van der Waals surface area contributed by atoms with Crippen molar-refractivity contribution in [1.29, 1.82) is 0 Å². The van der Waals surface area contributed by atoms with E-state index >= 15 is 19.2 Å². The van der Waals surface area contributed by atoms with Crippen LogP contribution >= 0.6 is 0 Å². The van der Waals surface area contributed by atoms with Crippen LogP contribution < -0.4 is 27.0 Å². The van der Waals surface area contributed by atoms with Gasteiger partial charge >= 0.3 is 59.8 Å². The highest BCUT2D eigenvalue weighted by molar-refractivity contribution is 5.99. The second-order valence-electron chi connectivity index (χ2n) is 43.1. The summed E-state index contributed by atoms with van der Waals surface area (Å²) < 4.78 is 58.0. The van der Waals surface area contributed by atoms with Crippen molar-refractivity contribution in [1.82, 2.24) is 16.0 Å². The van der Waals surface area contributed by atoms with Crippen LogP contribution in [-0.2, 0) is 105 Å². The third kappa shape index (κ3) is 43.9. The van der Waals surface area contributed by atoms with Gasteiger partial charge in [0.15, 0.2) is 0 Å². The summed E-state index contributed by atoms with van der Waals surface area (Å²) in [7, 11) is 0. The van der Waals surface area contributed by atoms with Crippen molar-refractivity contribution >= 4 is 94.7 Å². The molecule has 1 aliphatic carbocycles. The molecule has 0 heterocycles. The molecule has 0 aromatic heterocycles. The number of hydrogen-bond acceptors (Lipinski definition) is 25. The molecule has 0 spiro atoms. The molecule has 4 amide bonds. The molecule has 128 heavy (non-hydrogen) atoms. The summed E-state index contributed by atoms with van der Waals surface area (Å²) in [5.74, 6) is -9.37. The van der Waals surface area contributed by atoms with Crippen LogP contribution in [0.2, 0.25) is 0 Å². The van der Waals surface area contributed by atoms with Crippen molar-refractivity contribution in [3.05, 3.63) is 83.4 Å². The number of fused-ring (bicyclic) bond motifs is 3. The van der Waals surface area contributed by atoms with E-state index in [9.17, 15) is 47.9 Å². The number of nitrogen functional groups attached to an aromatic ring is 1. The number of carbonyl (C=O) groups is 14. The van der Waals surface area contributed by atoms with Crippen LogP contribution in [0, 0.1) is 5.41 Å². The lowest BCUT2D eigenvalue weighted by Crippen LogP contribution is -2.53. The maximum Gasteiger partial charge on any atom is 0.411 e. The first-order valence-corrected chi connectivity index (χ1v) is 44.9. The van der Waals surface area contributed by atoms with Gasteiger partial charge < -0.3 is 69.1 Å². The lowest BCUT2D eigenvalue weighted by molar-refractivity contribution is -0.159. The van der Waals surface area contributed by atoms with Crippen LogP contribution in [0.5, 0.6) is 0 Å². The number of amides is 4. The van der Waals surface area contributed by atoms with Crippen LogP contribution in [-0.4, -0.2) is 157 Å². The van der Waals surface area contributed by atoms with Crippen LogP contribution in [0.25, 0.3) is 11.1 Å². The van der Waals surface area contributed by atoms with Gasteiger partial charge in [-0.05, 0) is 310 Å². The second kappa shape index (κ2) is 46.0. The average molecular weight is 1800 g/mol. The predicted octanol–water partition coefficient (Wildman–Crippen LogP) is 18.2. The number of Topliss-reactive ketones (excluding diaryl/α,β-unsaturated/α-hetero) is 1. The lowest BCUT2D eigenvalue weighted by atomic mass is 9.70. The zero-order chi connectivity index (χ0) is 97.3. The van der Waals surface area contributed by atoms with Crippen LogP contribution in [0.15, 0.2) is 66.7 Å². The number of nitrogens with one attached hydrogen (secondary N) is 4. The van der Waals surface area contributed by atoms with Crippen LogP contribution in [0.1, 0.15) is 375 Å². The zero-order valence-electron chi connectivity index (χ0n) is 81.7. The van der Waals surface area contributed by atoms with E-state index in [-0.39, 0.29) is 145 Å². The monoisotopic (exact) mass is 1790 g/mol. The van der Waals surface area contributed by atoms with Gasteiger partial charge in [-0.15, -0.1) is 0 Å². The smallest absolute Gasteiger partial charge is 0.411 e. The number of ether oxygens (including phenoxy) is 10. The highest BCUT2D eigenvalue weighted by atomic mass is 16.6. The molecule has 0 aliphatic heterocycles. The second-order valence-corrected chi connectivity index (χ2v) is 43.1. The van der Waals surface area contributed by atoms with Gasteiger partial charge in [0.2, 0.25) is 11.8 Å². The van der Waals surface area contributed by atoms with Crippen molar-refractivity contribution in [3.8, 4) is 11.1 Å². The van der Waals surface area contributed by atoms with Gasteiger partial charge in [0.05, 0.1) is 11.4 Å². The van der Waals surface area contributed by atoms with Gasteiger partial charge in [-0.25, -0.2) is 4.79 Å². The van der Waals surface area contributed by atoms with E-state index in [4.69, 9.17) is 53.1 Å². The minimum absolute atomic E-state index is 0.00396. The SMILES string of the molecule is CC(C)(C)OC(=O)CCC(CCC(=O)OC(C)(C)C)(CCC(=O)OC(C)(C)C)CC(=O)CCC(CCC(=O)NC(CCC(=O)OC(C)(C)C)(CCC(=O)OC(C)(C)C)CCC(=O)OC(C)(C)C)(CCC(=O)NC(CCC(=O)OC(C)(C)C)(CCC(=O)OC(C)(C)C)CCC(=O)OC(C)(C)C)NC(=O)c1ccc(N)c(NC(=O)OCC2c3ccccc3-c3ccccc32)c1. The van der Waals surface area contributed by atoms with Gasteiger partial charge in [0, 0.05) is 112 Å². The fourth-order valence-electron chi connectivity index (χ4n) is 15.2. The maximum absolute atomic E-state index is 16.0. The Bertz CT molecular complexity index is 3770. The topological polar surface area (TPSA) is 405 Å². The normalized spacial score (nSPS) is 13.1. The minimum atomic E-state index is -1.95. The van der Waals surface area contributed by atoms with E-state index in [0.717, 1.165) is 22.3 Å². The molecule has 0 fully saturated rings. The summed E-state index contributed by atoms with van der Waals surface area (Å²) in [6.07, 6.45) is -9.00. The molecule has 0 atom stereocenters. The molecular weight excluding hydrogens is 1640 g/mol. The molecule has 4 rings (SSSR count). The van der Waals surface area contributed by atoms with Gasteiger partial charge in [0.1, 0.15) is 62.8 Å². The Kier molecular flexibility index (Phi) is 39.7. The van der Waals surface area contributed by atoms with E-state index < -0.39 is 201 Å². The summed E-state index contributed by atoms with van der Waals surface area (Å²) in [6.45, 7) is 45.2. The molecule has 0 radical (unpaired) electrons. The number of ketones is 1. The number of nitrogens with two attached hydrogens (primary N) is 1. The maximum atomic E-state index is 16.0. The first kappa shape index (κ1) is 110. The zero-order valence-corrected chi connectivity index (χ0v) is 81.7. The first-order chi connectivity index (χ1) is 58.4. The molecule has 29 nitrogen and oxygen atoms in total. The molecule has 0 saturated carbocycles. The highest BCUT2D eigenvalue weighted by Crippen LogP contribution is 2.46. The van der Waals surface area contributed by atoms with E-state index in [0.29, 0.717) is 0 Å². The van der Waals surface area contributed by atoms with E-state index in [1.807, 2.05) is 48.5 Å². The van der Waals surface area contributed by atoms with Crippen molar-refractivity contribution < 1.29 is 114 Å². The molecule has 3 aromatic rings. The Labute approximate surface area is 759 Å². The lowest BCUT2D eigenvalue weighted by Gasteiger charge is -2.39. The highest BCUT2D eigenvalue weighted by Gasteiger charge is 2.44. The van der Waals surface area contributed by atoms with Crippen LogP contribution in [0.4, 0.5) is 16.2 Å². The number of esters is 9. The number of anilines is 2. The van der Waals surface area contributed by atoms with Crippen molar-refractivity contribution in [2.45, 2.75) is 420 Å². The summed E-state index contributed by atoms with van der Waals surface area (Å²) in [5, 5.41) is 12.1. The Balaban J connectivity index is 2.16. The van der Waals surface area contributed by atoms with E-state index in [1.165, 1.54) is 18.2 Å². The quantitative estimate of drug-likeness (QED) is 0.0199. The number of carbonyl (C=O) groups excluding carboxylic acids is 14. The molecule has 1 aliphatic rings. The predicted molar refractivity (Wildman–Crippen MR) is 487 cm³/mol. The Hall–Kier alpha value is -9.96. The summed E-state index contributed by atoms with van der Waals surface area (Å²) in [4.78, 5) is 203. The molecule has 3 aromatic carbocycles. The Morgan fingerprint density at radius 3 is 0.836 bits per heavy atom. The third-order valence-corrected chi connectivity index (χ3v) is 20.4. The van der Waals surface area contributed by atoms with Gasteiger partial charge in [-0.3, -0.25) is 67.6 Å². The average Bonchev–Trinajstić information content (AvgIpc) is 1.61. The van der Waals surface area contributed by atoms with Crippen LogP contribution in [0.3, 0.4) is 0 Å². The minimum Gasteiger partial charge on any atom is -0.460 e. The number of hydrogen-bond donors (Lipinski definition) is 5. The summed E-state index contributed by atoms with van der Waals surface area (Å²) in [5.41, 5.74) is -5.03.